The summed E-state index contributed by atoms with van der Waals surface area (Å²) in [5, 5.41) is 8.69. The van der Waals surface area contributed by atoms with Gasteiger partial charge in [0.1, 0.15) is 5.52 Å². The lowest BCUT2D eigenvalue weighted by Crippen LogP contribution is -2.05. The van der Waals surface area contributed by atoms with Crippen LogP contribution in [0.3, 0.4) is 0 Å². The molecule has 0 fully saturated rings. The van der Waals surface area contributed by atoms with Gasteiger partial charge in [0.05, 0.1) is 12.5 Å². The number of carboxylic acid groups (broad SMARTS) is 1. The third-order valence-corrected chi connectivity index (χ3v) is 1.89. The van der Waals surface area contributed by atoms with E-state index in [-0.39, 0.29) is 5.82 Å². The summed E-state index contributed by atoms with van der Waals surface area (Å²) in [7, 11) is 0. The maximum absolute atomic E-state index is 10.6. The van der Waals surface area contributed by atoms with Crippen LogP contribution < -0.4 is 0 Å². The number of carboxylic acids is 1. The zero-order valence-electron chi connectivity index (χ0n) is 7.51. The van der Waals surface area contributed by atoms with Crippen LogP contribution in [0.15, 0.2) is 12.5 Å². The highest BCUT2D eigenvalue weighted by Gasteiger charge is 2.10. The van der Waals surface area contributed by atoms with Crippen LogP contribution in [0, 0.1) is 0 Å². The number of rotatable bonds is 2. The number of imidazole rings is 1. The first kappa shape index (κ1) is 8.61. The van der Waals surface area contributed by atoms with Gasteiger partial charge in [0.15, 0.2) is 5.65 Å². The maximum atomic E-state index is 10.6. The summed E-state index contributed by atoms with van der Waals surface area (Å²) in [5.74, 6) is -1.33. The molecule has 0 saturated heterocycles. The minimum atomic E-state index is -1.13. The highest BCUT2D eigenvalue weighted by Crippen LogP contribution is 2.08. The summed E-state index contributed by atoms with van der Waals surface area (Å²) in [4.78, 5) is 22.2. The van der Waals surface area contributed by atoms with Gasteiger partial charge in [-0.25, -0.2) is 19.7 Å². The lowest BCUT2D eigenvalue weighted by atomic mass is 10.5. The van der Waals surface area contributed by atoms with E-state index in [0.717, 1.165) is 0 Å². The SMILES string of the molecule is CCn1cnc2cnc(C(=O)O)nc21. The second-order valence-corrected chi connectivity index (χ2v) is 2.74. The fourth-order valence-corrected chi connectivity index (χ4v) is 1.19. The molecule has 14 heavy (non-hydrogen) atoms. The Labute approximate surface area is 79.2 Å². The monoisotopic (exact) mass is 192 g/mol. The van der Waals surface area contributed by atoms with Crippen molar-refractivity contribution >= 4 is 17.1 Å². The van der Waals surface area contributed by atoms with E-state index in [1.807, 2.05) is 6.92 Å². The minimum Gasteiger partial charge on any atom is -0.475 e. The van der Waals surface area contributed by atoms with Gasteiger partial charge in [-0.2, -0.15) is 0 Å². The highest BCUT2D eigenvalue weighted by molar-refractivity contribution is 5.85. The van der Waals surface area contributed by atoms with E-state index in [0.29, 0.717) is 17.7 Å². The molecule has 0 aliphatic carbocycles. The Hall–Kier alpha value is -1.98. The number of fused-ring (bicyclic) bond motifs is 1. The molecule has 0 saturated carbocycles. The Morgan fingerprint density at radius 2 is 2.36 bits per heavy atom. The van der Waals surface area contributed by atoms with Gasteiger partial charge in [-0.05, 0) is 6.92 Å². The van der Waals surface area contributed by atoms with Gasteiger partial charge in [-0.3, -0.25) is 0 Å². The maximum Gasteiger partial charge on any atom is 0.374 e. The van der Waals surface area contributed by atoms with Crippen LogP contribution in [0.25, 0.3) is 11.2 Å². The third kappa shape index (κ3) is 1.20. The van der Waals surface area contributed by atoms with Crippen molar-refractivity contribution in [3.05, 3.63) is 18.3 Å². The van der Waals surface area contributed by atoms with Gasteiger partial charge in [0.2, 0.25) is 5.82 Å². The largest absolute Gasteiger partial charge is 0.475 e. The Balaban J connectivity index is 2.67. The van der Waals surface area contributed by atoms with Crippen molar-refractivity contribution < 1.29 is 9.90 Å². The Morgan fingerprint density at radius 1 is 1.57 bits per heavy atom. The average Bonchev–Trinajstić information content (AvgIpc) is 2.59. The van der Waals surface area contributed by atoms with Crippen molar-refractivity contribution in [1.29, 1.82) is 0 Å². The molecule has 0 spiro atoms. The summed E-state index contributed by atoms with van der Waals surface area (Å²) in [6, 6.07) is 0. The third-order valence-electron chi connectivity index (χ3n) is 1.89. The molecule has 6 nitrogen and oxygen atoms in total. The van der Waals surface area contributed by atoms with Crippen molar-refractivity contribution in [2.75, 3.05) is 0 Å². The smallest absolute Gasteiger partial charge is 0.374 e. The molecule has 0 radical (unpaired) electrons. The van der Waals surface area contributed by atoms with Crippen molar-refractivity contribution in [2.24, 2.45) is 0 Å². The molecule has 6 heteroatoms. The molecule has 0 aromatic carbocycles. The summed E-state index contributed by atoms with van der Waals surface area (Å²) < 4.78 is 1.77. The number of aromatic carboxylic acids is 1. The molecule has 0 aliphatic heterocycles. The van der Waals surface area contributed by atoms with E-state index < -0.39 is 5.97 Å². The number of hydrogen-bond donors (Lipinski definition) is 1. The van der Waals surface area contributed by atoms with E-state index >= 15 is 0 Å². The second-order valence-electron chi connectivity index (χ2n) is 2.74. The first-order valence-electron chi connectivity index (χ1n) is 4.13. The van der Waals surface area contributed by atoms with Gasteiger partial charge in [-0.1, -0.05) is 0 Å². The van der Waals surface area contributed by atoms with Gasteiger partial charge in [0.25, 0.3) is 0 Å². The van der Waals surface area contributed by atoms with E-state index in [1.54, 1.807) is 10.9 Å². The molecule has 2 heterocycles. The minimum absolute atomic E-state index is 0.201. The van der Waals surface area contributed by atoms with Crippen molar-refractivity contribution in [3.63, 3.8) is 0 Å². The lowest BCUT2D eigenvalue weighted by Gasteiger charge is -1.97. The van der Waals surface area contributed by atoms with E-state index in [4.69, 9.17) is 5.11 Å². The quantitative estimate of drug-likeness (QED) is 0.751. The van der Waals surface area contributed by atoms with Gasteiger partial charge < -0.3 is 9.67 Å². The van der Waals surface area contributed by atoms with Crippen molar-refractivity contribution in [3.8, 4) is 0 Å². The Kier molecular flexibility index (Phi) is 1.88. The van der Waals surface area contributed by atoms with Crippen LogP contribution in [-0.4, -0.2) is 30.6 Å². The number of aromatic nitrogens is 4. The fraction of sp³-hybridized carbons (Fsp3) is 0.250. The molecule has 1 N–H and O–H groups in total. The number of nitrogens with zero attached hydrogens (tertiary/aromatic N) is 4. The first-order chi connectivity index (χ1) is 6.72. The zero-order valence-corrected chi connectivity index (χ0v) is 7.51. The summed E-state index contributed by atoms with van der Waals surface area (Å²) in [6.07, 6.45) is 3.03. The van der Waals surface area contributed by atoms with Crippen LogP contribution in [0.4, 0.5) is 0 Å². The molecule has 72 valence electrons. The molecule has 0 bridgehead atoms. The molecule has 0 aliphatic rings. The molecule has 2 rings (SSSR count). The molecular formula is C8H8N4O2. The Bertz CT molecular complexity index is 491. The van der Waals surface area contributed by atoms with Crippen molar-refractivity contribution in [1.82, 2.24) is 19.5 Å². The topological polar surface area (TPSA) is 80.9 Å². The van der Waals surface area contributed by atoms with E-state index in [9.17, 15) is 4.79 Å². The molecule has 0 unspecified atom stereocenters. The normalized spacial score (nSPS) is 10.6. The zero-order chi connectivity index (χ0) is 10.1. The van der Waals surface area contributed by atoms with Gasteiger partial charge in [0, 0.05) is 6.54 Å². The molecule has 2 aromatic rings. The predicted octanol–water partition coefficient (Wildman–Crippen LogP) is 0.544. The van der Waals surface area contributed by atoms with E-state index in [2.05, 4.69) is 15.0 Å². The van der Waals surface area contributed by atoms with Crippen LogP contribution >= 0.6 is 0 Å². The van der Waals surface area contributed by atoms with Gasteiger partial charge >= 0.3 is 5.97 Å². The van der Waals surface area contributed by atoms with Crippen LogP contribution in [0.5, 0.6) is 0 Å². The van der Waals surface area contributed by atoms with E-state index in [1.165, 1.54) is 6.20 Å². The summed E-state index contributed by atoms with van der Waals surface area (Å²) in [6.45, 7) is 2.64. The summed E-state index contributed by atoms with van der Waals surface area (Å²) in [5.41, 5.74) is 1.16. The molecule has 2 aromatic heterocycles. The average molecular weight is 192 g/mol. The molecular weight excluding hydrogens is 184 g/mol. The predicted molar refractivity (Wildman–Crippen MR) is 48.0 cm³/mol. The van der Waals surface area contributed by atoms with Crippen LogP contribution in [0.2, 0.25) is 0 Å². The first-order valence-corrected chi connectivity index (χ1v) is 4.13. The summed E-state index contributed by atoms with van der Waals surface area (Å²) >= 11 is 0. The number of hydrogen-bond acceptors (Lipinski definition) is 4. The molecule has 0 amide bonds. The standard InChI is InChI=1S/C8H8N4O2/c1-2-12-4-10-5-3-9-6(8(13)14)11-7(5)12/h3-4H,2H2,1H3,(H,13,14). The highest BCUT2D eigenvalue weighted by atomic mass is 16.4. The van der Waals surface area contributed by atoms with Gasteiger partial charge in [-0.15, -0.1) is 0 Å². The van der Waals surface area contributed by atoms with Crippen molar-refractivity contribution in [2.45, 2.75) is 13.5 Å². The number of carbonyl (C=O) groups is 1. The fourth-order valence-electron chi connectivity index (χ4n) is 1.19. The Morgan fingerprint density at radius 3 is 3.00 bits per heavy atom. The second kappa shape index (κ2) is 3.06. The van der Waals surface area contributed by atoms with Crippen LogP contribution in [-0.2, 0) is 6.54 Å². The molecule has 0 atom stereocenters. The van der Waals surface area contributed by atoms with Crippen LogP contribution in [0.1, 0.15) is 17.5 Å². The number of aryl methyl sites for hydroxylation is 1. The lowest BCUT2D eigenvalue weighted by molar-refractivity contribution is 0.0684.